The van der Waals surface area contributed by atoms with Crippen molar-refractivity contribution in [3.05, 3.63) is 24.0 Å². The molecule has 1 saturated heterocycles. The number of hydrogen-bond donors (Lipinski definition) is 1. The highest BCUT2D eigenvalue weighted by Crippen LogP contribution is 2.25. The zero-order valence-corrected chi connectivity index (χ0v) is 8.19. The first-order valence-electron chi connectivity index (χ1n) is 4.73. The van der Waals surface area contributed by atoms with Gasteiger partial charge in [0.25, 0.3) is 0 Å². The molecule has 4 nitrogen and oxygen atoms in total. The molecule has 0 bridgehead atoms. The zero-order valence-electron chi connectivity index (χ0n) is 8.19. The second-order valence-electron chi connectivity index (χ2n) is 3.15. The molecule has 1 aromatic rings. The minimum Gasteiger partial charge on any atom is -0.495 e. The molecular formula is C10H14N2O2. The van der Waals surface area contributed by atoms with Crippen LogP contribution in [0.25, 0.3) is 0 Å². The summed E-state index contributed by atoms with van der Waals surface area (Å²) in [5.41, 5.74) is 0.877. The fourth-order valence-electron chi connectivity index (χ4n) is 1.56. The van der Waals surface area contributed by atoms with Gasteiger partial charge in [0, 0.05) is 19.3 Å². The zero-order chi connectivity index (χ0) is 9.80. The van der Waals surface area contributed by atoms with Crippen LogP contribution < -0.4 is 10.1 Å². The van der Waals surface area contributed by atoms with Crippen molar-refractivity contribution >= 4 is 0 Å². The van der Waals surface area contributed by atoms with Gasteiger partial charge in [0.1, 0.15) is 17.5 Å². The molecule has 0 radical (unpaired) electrons. The van der Waals surface area contributed by atoms with Crippen molar-refractivity contribution in [2.45, 2.75) is 6.10 Å². The molecule has 0 aromatic carbocycles. The first-order valence-corrected chi connectivity index (χ1v) is 4.73. The quantitative estimate of drug-likeness (QED) is 0.754. The SMILES string of the molecule is COc1cccnc1C1CNCCO1. The summed E-state index contributed by atoms with van der Waals surface area (Å²) in [5.74, 6) is 0.793. The smallest absolute Gasteiger partial charge is 0.143 e. The Kier molecular flexibility index (Phi) is 2.96. The molecule has 2 heterocycles. The highest BCUT2D eigenvalue weighted by molar-refractivity contribution is 5.29. The van der Waals surface area contributed by atoms with Crippen LogP contribution in [0.1, 0.15) is 11.8 Å². The largest absolute Gasteiger partial charge is 0.495 e. The molecule has 1 aliphatic rings. The van der Waals surface area contributed by atoms with E-state index in [2.05, 4.69) is 10.3 Å². The van der Waals surface area contributed by atoms with Crippen LogP contribution in [0.3, 0.4) is 0 Å². The number of hydrogen-bond acceptors (Lipinski definition) is 4. The number of rotatable bonds is 2. The van der Waals surface area contributed by atoms with E-state index in [1.807, 2.05) is 12.1 Å². The molecule has 2 rings (SSSR count). The Morgan fingerprint density at radius 2 is 2.57 bits per heavy atom. The normalized spacial score (nSPS) is 21.9. The summed E-state index contributed by atoms with van der Waals surface area (Å²) in [5, 5.41) is 3.26. The maximum Gasteiger partial charge on any atom is 0.143 e. The summed E-state index contributed by atoms with van der Waals surface area (Å²) >= 11 is 0. The molecule has 0 amide bonds. The van der Waals surface area contributed by atoms with Gasteiger partial charge in [-0.05, 0) is 12.1 Å². The molecule has 1 aliphatic heterocycles. The minimum absolute atomic E-state index is 0.0138. The molecule has 1 atom stereocenters. The molecular weight excluding hydrogens is 180 g/mol. The second-order valence-corrected chi connectivity index (χ2v) is 3.15. The van der Waals surface area contributed by atoms with Crippen molar-refractivity contribution < 1.29 is 9.47 Å². The third-order valence-electron chi connectivity index (χ3n) is 2.25. The van der Waals surface area contributed by atoms with Gasteiger partial charge < -0.3 is 14.8 Å². The van der Waals surface area contributed by atoms with E-state index in [0.29, 0.717) is 0 Å². The number of ether oxygens (including phenoxy) is 2. The summed E-state index contributed by atoms with van der Waals surface area (Å²) in [6.07, 6.45) is 1.77. The predicted molar refractivity (Wildman–Crippen MR) is 52.4 cm³/mol. The van der Waals surface area contributed by atoms with Gasteiger partial charge in [0.15, 0.2) is 0 Å². The number of methoxy groups -OCH3 is 1. The van der Waals surface area contributed by atoms with E-state index in [4.69, 9.17) is 9.47 Å². The third-order valence-corrected chi connectivity index (χ3v) is 2.25. The molecule has 1 fully saturated rings. The Morgan fingerprint density at radius 1 is 1.64 bits per heavy atom. The average Bonchev–Trinajstić information content (AvgIpc) is 2.30. The van der Waals surface area contributed by atoms with Crippen molar-refractivity contribution in [2.24, 2.45) is 0 Å². The maximum atomic E-state index is 5.60. The lowest BCUT2D eigenvalue weighted by Gasteiger charge is -2.24. The highest BCUT2D eigenvalue weighted by atomic mass is 16.5. The molecule has 1 N–H and O–H groups in total. The Bertz CT molecular complexity index is 298. The van der Waals surface area contributed by atoms with Gasteiger partial charge in [-0.1, -0.05) is 0 Å². The number of aromatic nitrogens is 1. The van der Waals surface area contributed by atoms with E-state index in [1.54, 1.807) is 13.3 Å². The van der Waals surface area contributed by atoms with Crippen LogP contribution in [0, 0.1) is 0 Å². The van der Waals surface area contributed by atoms with E-state index in [-0.39, 0.29) is 6.10 Å². The molecule has 4 heteroatoms. The van der Waals surface area contributed by atoms with Gasteiger partial charge in [-0.3, -0.25) is 4.98 Å². The predicted octanol–water partition coefficient (Wildman–Crippen LogP) is 0.751. The standard InChI is InChI=1S/C10H14N2O2/c1-13-8-3-2-4-12-10(8)9-7-11-5-6-14-9/h2-4,9,11H,5-7H2,1H3. The summed E-state index contributed by atoms with van der Waals surface area (Å²) in [7, 11) is 1.65. The van der Waals surface area contributed by atoms with Crippen LogP contribution in [0.2, 0.25) is 0 Å². The highest BCUT2D eigenvalue weighted by Gasteiger charge is 2.20. The molecule has 1 aromatic heterocycles. The van der Waals surface area contributed by atoms with Gasteiger partial charge >= 0.3 is 0 Å². The minimum atomic E-state index is 0.0138. The van der Waals surface area contributed by atoms with Crippen LogP contribution in [-0.2, 0) is 4.74 Å². The van der Waals surface area contributed by atoms with Crippen molar-refractivity contribution in [3.63, 3.8) is 0 Å². The lowest BCUT2D eigenvalue weighted by molar-refractivity contribution is 0.0235. The monoisotopic (exact) mass is 194 g/mol. The van der Waals surface area contributed by atoms with Crippen LogP contribution in [0.4, 0.5) is 0 Å². The summed E-state index contributed by atoms with van der Waals surface area (Å²) < 4.78 is 10.8. The fourth-order valence-corrected chi connectivity index (χ4v) is 1.56. The van der Waals surface area contributed by atoms with Crippen molar-refractivity contribution in [2.75, 3.05) is 26.8 Å². The summed E-state index contributed by atoms with van der Waals surface area (Å²) in [6, 6.07) is 3.76. The first-order chi connectivity index (χ1) is 6.92. The molecule has 0 aliphatic carbocycles. The van der Waals surface area contributed by atoms with Gasteiger partial charge in [-0.2, -0.15) is 0 Å². The van der Waals surface area contributed by atoms with E-state index in [0.717, 1.165) is 31.1 Å². The van der Waals surface area contributed by atoms with Crippen LogP contribution in [0.15, 0.2) is 18.3 Å². The molecule has 14 heavy (non-hydrogen) atoms. The van der Waals surface area contributed by atoms with E-state index < -0.39 is 0 Å². The molecule has 0 spiro atoms. The lowest BCUT2D eigenvalue weighted by atomic mass is 10.2. The fraction of sp³-hybridized carbons (Fsp3) is 0.500. The summed E-state index contributed by atoms with van der Waals surface area (Å²) in [6.45, 7) is 2.43. The number of nitrogens with one attached hydrogen (secondary N) is 1. The lowest BCUT2D eigenvalue weighted by Crippen LogP contribution is -2.33. The maximum absolute atomic E-state index is 5.60. The van der Waals surface area contributed by atoms with Crippen LogP contribution >= 0.6 is 0 Å². The second kappa shape index (κ2) is 4.39. The van der Waals surface area contributed by atoms with Crippen molar-refractivity contribution in [1.29, 1.82) is 0 Å². The van der Waals surface area contributed by atoms with Crippen molar-refractivity contribution in [1.82, 2.24) is 10.3 Å². The topological polar surface area (TPSA) is 43.4 Å². The van der Waals surface area contributed by atoms with Gasteiger partial charge in [0.2, 0.25) is 0 Å². The first kappa shape index (κ1) is 9.43. The van der Waals surface area contributed by atoms with E-state index in [1.165, 1.54) is 0 Å². The molecule has 0 saturated carbocycles. The Morgan fingerprint density at radius 3 is 3.29 bits per heavy atom. The van der Waals surface area contributed by atoms with Crippen LogP contribution in [0.5, 0.6) is 5.75 Å². The molecule has 76 valence electrons. The van der Waals surface area contributed by atoms with Gasteiger partial charge in [0.05, 0.1) is 13.7 Å². The van der Waals surface area contributed by atoms with Crippen LogP contribution in [-0.4, -0.2) is 31.8 Å². The molecule has 1 unspecified atom stereocenters. The number of morpholine rings is 1. The Hall–Kier alpha value is -1.13. The average molecular weight is 194 g/mol. The van der Waals surface area contributed by atoms with Gasteiger partial charge in [-0.15, -0.1) is 0 Å². The Balaban J connectivity index is 2.20. The number of nitrogens with zero attached hydrogens (tertiary/aromatic N) is 1. The third kappa shape index (κ3) is 1.86. The van der Waals surface area contributed by atoms with E-state index >= 15 is 0 Å². The summed E-state index contributed by atoms with van der Waals surface area (Å²) in [4.78, 5) is 4.28. The van der Waals surface area contributed by atoms with Crippen molar-refractivity contribution in [3.8, 4) is 5.75 Å². The number of pyridine rings is 1. The van der Waals surface area contributed by atoms with E-state index in [9.17, 15) is 0 Å². The Labute approximate surface area is 83.2 Å². The van der Waals surface area contributed by atoms with Gasteiger partial charge in [-0.25, -0.2) is 0 Å².